The van der Waals surface area contributed by atoms with Crippen molar-refractivity contribution in [2.45, 2.75) is 122 Å². The molecule has 4 heterocycles. The molecule has 0 unspecified atom stereocenters. The number of methoxy groups -OCH3 is 1. The molecular weight excluding hydrogens is 548 g/mol. The predicted molar refractivity (Wildman–Crippen MR) is 163 cm³/mol. The van der Waals surface area contributed by atoms with Gasteiger partial charge in [0, 0.05) is 20.0 Å². The first-order valence-corrected chi connectivity index (χ1v) is 15.9. The number of esters is 1. The molecule has 1 aliphatic carbocycles. The minimum atomic E-state index is -1.62. The van der Waals surface area contributed by atoms with Gasteiger partial charge in [0.05, 0.1) is 18.8 Å². The van der Waals surface area contributed by atoms with Crippen LogP contribution in [0.1, 0.15) is 73.6 Å². The third-order valence-electron chi connectivity index (χ3n) is 10.1. The van der Waals surface area contributed by atoms with Crippen molar-refractivity contribution in [1.82, 2.24) is 0 Å². The molecule has 5 rings (SSSR count). The standard InChI is InChI=1S/C35H50O8/c1-8-22(4)30-24(6)16-29(36)34(43-30)18-27-17-26(42-34)13-12-21(3)14-20(2)10-9-11-25-19-40-32-31(39-7)23(5)15-28(33(37)41-27)35(25,32)38/h8-12,15,20,24,26-32,36,38H,13-14,16-19H2,1-7H3/t20-,24-,26+,27-,28-,29+,30+,31+,32+,34-,35+/m0/s1. The highest BCUT2D eigenvalue weighted by atomic mass is 16.7. The lowest BCUT2D eigenvalue weighted by Crippen LogP contribution is -2.62. The lowest BCUT2D eigenvalue weighted by Gasteiger charge is -2.52. The quantitative estimate of drug-likeness (QED) is 0.334. The number of aliphatic hydroxyl groups excluding tert-OH is 1. The third kappa shape index (κ3) is 6.11. The zero-order valence-corrected chi connectivity index (χ0v) is 26.7. The SMILES string of the molecule is CC=C(C)[C@H]1O[C@@]2(C[C@@H]3C[C@@H](CC=C(C)C[C@@H](C)C=CC=C4CO[C@@H]5[C@H](OC)C(C)=C[C@@H](C(=O)O3)[C@]45O)O2)[C@H](O)C[C@@H]1C. The highest BCUT2D eigenvalue weighted by Crippen LogP contribution is 2.48. The van der Waals surface area contributed by atoms with Crippen molar-refractivity contribution in [3.05, 3.63) is 58.7 Å². The number of ether oxygens (including phenoxy) is 5. The monoisotopic (exact) mass is 598 g/mol. The van der Waals surface area contributed by atoms with Gasteiger partial charge in [-0.25, -0.2) is 0 Å². The van der Waals surface area contributed by atoms with Gasteiger partial charge in [0.25, 0.3) is 0 Å². The Morgan fingerprint density at radius 3 is 2.65 bits per heavy atom. The van der Waals surface area contributed by atoms with Gasteiger partial charge in [-0.2, -0.15) is 0 Å². The van der Waals surface area contributed by atoms with Crippen LogP contribution >= 0.6 is 0 Å². The van der Waals surface area contributed by atoms with Crippen LogP contribution in [-0.2, 0) is 28.5 Å². The number of allylic oxidation sites excluding steroid dienone is 5. The van der Waals surface area contributed by atoms with E-state index in [4.69, 9.17) is 23.7 Å². The first kappa shape index (κ1) is 32.3. The van der Waals surface area contributed by atoms with Crippen LogP contribution in [0.25, 0.3) is 0 Å². The Labute approximate surface area is 256 Å². The molecule has 8 nitrogen and oxygen atoms in total. The minimum absolute atomic E-state index is 0.104. The Morgan fingerprint density at radius 1 is 1.16 bits per heavy atom. The lowest BCUT2D eigenvalue weighted by molar-refractivity contribution is -0.363. The second-order valence-corrected chi connectivity index (χ2v) is 13.5. The van der Waals surface area contributed by atoms with Crippen molar-refractivity contribution in [2.24, 2.45) is 17.8 Å². The first-order valence-electron chi connectivity index (χ1n) is 15.9. The lowest BCUT2D eigenvalue weighted by atomic mass is 9.70. The van der Waals surface area contributed by atoms with Crippen molar-refractivity contribution in [3.8, 4) is 0 Å². The van der Waals surface area contributed by atoms with E-state index in [1.165, 1.54) is 5.57 Å². The Hall–Kier alpha value is -2.07. The van der Waals surface area contributed by atoms with Crippen LogP contribution in [0.2, 0.25) is 0 Å². The molecule has 1 spiro atoms. The van der Waals surface area contributed by atoms with Crippen molar-refractivity contribution >= 4 is 5.97 Å². The van der Waals surface area contributed by atoms with Crippen LogP contribution in [0, 0.1) is 17.8 Å². The molecule has 238 valence electrons. The molecule has 11 atom stereocenters. The molecule has 0 aromatic heterocycles. The number of hydrogen-bond donors (Lipinski definition) is 2. The summed E-state index contributed by atoms with van der Waals surface area (Å²) < 4.78 is 31.4. The number of aliphatic hydroxyl groups is 2. The zero-order valence-electron chi connectivity index (χ0n) is 26.7. The fraction of sp³-hybridized carbons (Fsp3) is 0.686. The Bertz CT molecular complexity index is 1210. The first-order chi connectivity index (χ1) is 20.4. The summed E-state index contributed by atoms with van der Waals surface area (Å²) in [6.45, 7) is 12.4. The van der Waals surface area contributed by atoms with Gasteiger partial charge in [-0.3, -0.25) is 4.79 Å². The smallest absolute Gasteiger partial charge is 0.316 e. The van der Waals surface area contributed by atoms with Gasteiger partial charge in [-0.15, -0.1) is 0 Å². The number of carbonyl (C=O) groups excluding carboxylic acids is 1. The Kier molecular flexibility index (Phi) is 9.58. The van der Waals surface area contributed by atoms with Crippen molar-refractivity contribution in [1.29, 1.82) is 0 Å². The van der Waals surface area contributed by atoms with Crippen LogP contribution in [0.5, 0.6) is 0 Å². The summed E-state index contributed by atoms with van der Waals surface area (Å²) >= 11 is 0. The maximum atomic E-state index is 14.1. The Balaban J connectivity index is 1.54. The summed E-state index contributed by atoms with van der Waals surface area (Å²) in [6, 6.07) is 0. The van der Waals surface area contributed by atoms with E-state index in [1.807, 2.05) is 39.0 Å². The van der Waals surface area contributed by atoms with Gasteiger partial charge >= 0.3 is 5.97 Å². The van der Waals surface area contributed by atoms with Gasteiger partial charge in [-0.1, -0.05) is 55.9 Å². The molecule has 0 amide bonds. The number of hydrogen-bond acceptors (Lipinski definition) is 8. The van der Waals surface area contributed by atoms with Gasteiger partial charge < -0.3 is 33.9 Å². The molecule has 0 aromatic rings. The molecule has 0 aromatic carbocycles. The summed E-state index contributed by atoms with van der Waals surface area (Å²) in [7, 11) is 1.59. The van der Waals surface area contributed by atoms with Crippen LogP contribution in [0.4, 0.5) is 0 Å². The van der Waals surface area contributed by atoms with Crippen molar-refractivity contribution in [2.75, 3.05) is 13.7 Å². The van der Waals surface area contributed by atoms with E-state index in [2.05, 4.69) is 32.9 Å². The molecule has 4 aliphatic heterocycles. The normalized spacial score (nSPS) is 44.3. The average Bonchev–Trinajstić information content (AvgIpc) is 3.29. The number of fused-ring (bicyclic) bond motifs is 2. The second kappa shape index (κ2) is 12.7. The summed E-state index contributed by atoms with van der Waals surface area (Å²) in [4.78, 5) is 14.1. The van der Waals surface area contributed by atoms with Crippen LogP contribution in [0.3, 0.4) is 0 Å². The molecule has 2 N–H and O–H groups in total. The maximum Gasteiger partial charge on any atom is 0.316 e. The summed E-state index contributed by atoms with van der Waals surface area (Å²) in [5, 5.41) is 23.8. The molecule has 3 saturated heterocycles. The molecule has 3 fully saturated rings. The van der Waals surface area contributed by atoms with E-state index in [1.54, 1.807) is 13.2 Å². The molecule has 8 heteroatoms. The topological polar surface area (TPSA) is 104 Å². The fourth-order valence-electron chi connectivity index (χ4n) is 7.72. The van der Waals surface area contributed by atoms with Gasteiger partial charge in [0.15, 0.2) is 5.79 Å². The molecule has 0 radical (unpaired) electrons. The highest BCUT2D eigenvalue weighted by Gasteiger charge is 2.61. The largest absolute Gasteiger partial charge is 0.462 e. The molecule has 43 heavy (non-hydrogen) atoms. The van der Waals surface area contributed by atoms with Crippen molar-refractivity contribution < 1.29 is 38.7 Å². The molecule has 0 saturated carbocycles. The summed E-state index contributed by atoms with van der Waals surface area (Å²) in [6.07, 6.45) is 11.4. The Morgan fingerprint density at radius 2 is 1.93 bits per heavy atom. The predicted octanol–water partition coefficient (Wildman–Crippen LogP) is 5.11. The van der Waals surface area contributed by atoms with Gasteiger partial charge in [0.1, 0.15) is 35.9 Å². The van der Waals surface area contributed by atoms with E-state index in [9.17, 15) is 15.0 Å². The number of carbonyl (C=O) groups is 1. The zero-order chi connectivity index (χ0) is 31.1. The van der Waals surface area contributed by atoms with Crippen LogP contribution in [-0.4, -0.2) is 77.9 Å². The third-order valence-corrected chi connectivity index (χ3v) is 10.1. The minimum Gasteiger partial charge on any atom is -0.462 e. The second-order valence-electron chi connectivity index (χ2n) is 13.5. The van der Waals surface area contributed by atoms with E-state index in [-0.39, 0.29) is 37.1 Å². The van der Waals surface area contributed by atoms with Gasteiger partial charge in [0.2, 0.25) is 0 Å². The van der Waals surface area contributed by atoms with E-state index >= 15 is 0 Å². The fourth-order valence-corrected chi connectivity index (χ4v) is 7.72. The maximum absolute atomic E-state index is 14.1. The van der Waals surface area contributed by atoms with Crippen molar-refractivity contribution in [3.63, 3.8) is 0 Å². The van der Waals surface area contributed by atoms with E-state index in [0.29, 0.717) is 24.8 Å². The number of rotatable bonds is 2. The molecular formula is C35H50O8. The van der Waals surface area contributed by atoms with Crippen LogP contribution < -0.4 is 0 Å². The molecule has 5 aliphatic rings. The van der Waals surface area contributed by atoms with Crippen LogP contribution in [0.15, 0.2) is 58.7 Å². The van der Waals surface area contributed by atoms with Gasteiger partial charge in [-0.05, 0) is 75.5 Å². The summed E-state index contributed by atoms with van der Waals surface area (Å²) in [5.41, 5.74) is 2.12. The average molecular weight is 599 g/mol. The van der Waals surface area contributed by atoms with E-state index < -0.39 is 47.7 Å². The van der Waals surface area contributed by atoms with E-state index in [0.717, 1.165) is 17.6 Å². The summed E-state index contributed by atoms with van der Waals surface area (Å²) in [5.74, 6) is -2.46. The molecule has 2 bridgehead atoms. The highest BCUT2D eigenvalue weighted by molar-refractivity contribution is 5.78.